The molecule has 1 atom stereocenters. The Balaban J connectivity index is 2.60. The van der Waals surface area contributed by atoms with Crippen LogP contribution < -0.4 is 0 Å². The van der Waals surface area contributed by atoms with Gasteiger partial charge in [-0.3, -0.25) is 0 Å². The topological polar surface area (TPSA) is 0 Å². The fourth-order valence-corrected chi connectivity index (χ4v) is 3.17. The van der Waals surface area contributed by atoms with Gasteiger partial charge in [-0.25, -0.2) is 0 Å². The average Bonchev–Trinajstić information content (AvgIpc) is 2.49. The van der Waals surface area contributed by atoms with Crippen molar-refractivity contribution >= 4 is 27.3 Å². The van der Waals surface area contributed by atoms with Crippen LogP contribution in [0.5, 0.6) is 0 Å². The molecule has 0 amide bonds. The van der Waals surface area contributed by atoms with E-state index in [2.05, 4.69) is 53.5 Å². The molecule has 0 aliphatic heterocycles. The number of hydrogen-bond acceptors (Lipinski definition) is 1. The molecule has 2 heteroatoms. The fraction of sp³-hybridized carbons (Fsp3) is 0.636. The Bertz CT molecular complexity index is 233. The highest BCUT2D eigenvalue weighted by Crippen LogP contribution is 2.30. The van der Waals surface area contributed by atoms with E-state index in [0.717, 1.165) is 11.2 Å². The standard InChI is InChI=1S/C11H17BrS/c1-11(2,3)10(7-12)6-9-4-5-13-8-9/h4-5,8,10H,6-7H2,1-3H3. The third kappa shape index (κ3) is 3.43. The molecule has 0 bridgehead atoms. The first-order valence-corrected chi connectivity index (χ1v) is 6.67. The number of alkyl halides is 1. The first-order valence-electron chi connectivity index (χ1n) is 4.61. The van der Waals surface area contributed by atoms with Gasteiger partial charge in [0.25, 0.3) is 0 Å². The molecule has 13 heavy (non-hydrogen) atoms. The van der Waals surface area contributed by atoms with E-state index < -0.39 is 0 Å². The van der Waals surface area contributed by atoms with Gasteiger partial charge < -0.3 is 0 Å². The Morgan fingerprint density at radius 1 is 1.46 bits per heavy atom. The maximum atomic E-state index is 3.60. The molecule has 0 aliphatic rings. The van der Waals surface area contributed by atoms with Crippen LogP contribution in [-0.4, -0.2) is 5.33 Å². The van der Waals surface area contributed by atoms with Gasteiger partial charge in [-0.15, -0.1) is 0 Å². The second kappa shape index (κ2) is 4.61. The first kappa shape index (κ1) is 11.3. The van der Waals surface area contributed by atoms with Gasteiger partial charge in [-0.1, -0.05) is 36.7 Å². The van der Waals surface area contributed by atoms with Crippen molar-refractivity contribution in [2.75, 3.05) is 5.33 Å². The van der Waals surface area contributed by atoms with E-state index in [-0.39, 0.29) is 0 Å². The molecule has 1 rings (SSSR count). The zero-order valence-electron chi connectivity index (χ0n) is 8.51. The molecule has 0 radical (unpaired) electrons. The normalized spacial score (nSPS) is 14.5. The van der Waals surface area contributed by atoms with Gasteiger partial charge in [-0.2, -0.15) is 11.3 Å². The fourth-order valence-electron chi connectivity index (χ4n) is 1.29. The largest absolute Gasteiger partial charge is 0.152 e. The summed E-state index contributed by atoms with van der Waals surface area (Å²) in [6.07, 6.45) is 1.19. The number of thiophene rings is 1. The molecule has 1 aromatic rings. The number of hydrogen-bond donors (Lipinski definition) is 0. The van der Waals surface area contributed by atoms with Crippen molar-refractivity contribution in [3.63, 3.8) is 0 Å². The summed E-state index contributed by atoms with van der Waals surface area (Å²) in [6.45, 7) is 6.93. The summed E-state index contributed by atoms with van der Waals surface area (Å²) in [5.74, 6) is 0.724. The van der Waals surface area contributed by atoms with Crippen LogP contribution in [0.15, 0.2) is 16.8 Å². The average molecular weight is 261 g/mol. The Labute approximate surface area is 93.5 Å². The van der Waals surface area contributed by atoms with Crippen LogP contribution in [-0.2, 0) is 6.42 Å². The minimum absolute atomic E-state index is 0.394. The van der Waals surface area contributed by atoms with E-state index in [1.54, 1.807) is 11.3 Å². The van der Waals surface area contributed by atoms with E-state index >= 15 is 0 Å². The van der Waals surface area contributed by atoms with Gasteiger partial charge in [0.05, 0.1) is 0 Å². The van der Waals surface area contributed by atoms with Gasteiger partial charge in [-0.05, 0) is 40.1 Å². The summed E-state index contributed by atoms with van der Waals surface area (Å²) >= 11 is 5.39. The Hall–Kier alpha value is 0.180. The zero-order chi connectivity index (χ0) is 9.90. The smallest absolute Gasteiger partial charge is 0.00678 e. The second-order valence-electron chi connectivity index (χ2n) is 4.55. The van der Waals surface area contributed by atoms with Crippen LogP contribution in [0.4, 0.5) is 0 Å². The number of rotatable bonds is 3. The maximum Gasteiger partial charge on any atom is 0.00678 e. The maximum absolute atomic E-state index is 3.60. The molecule has 0 fully saturated rings. The lowest BCUT2D eigenvalue weighted by molar-refractivity contribution is 0.267. The highest BCUT2D eigenvalue weighted by molar-refractivity contribution is 9.09. The molecule has 74 valence electrons. The van der Waals surface area contributed by atoms with Crippen molar-refractivity contribution in [1.82, 2.24) is 0 Å². The molecule has 0 nitrogen and oxygen atoms in total. The summed E-state index contributed by atoms with van der Waals surface area (Å²) in [6, 6.07) is 2.23. The summed E-state index contributed by atoms with van der Waals surface area (Å²) in [5.41, 5.74) is 1.87. The molecule has 0 saturated carbocycles. The summed E-state index contributed by atoms with van der Waals surface area (Å²) in [4.78, 5) is 0. The quantitative estimate of drug-likeness (QED) is 0.710. The van der Waals surface area contributed by atoms with Crippen LogP contribution in [0, 0.1) is 11.3 Å². The van der Waals surface area contributed by atoms with E-state index in [4.69, 9.17) is 0 Å². The molecule has 1 heterocycles. The second-order valence-corrected chi connectivity index (χ2v) is 5.98. The molecular formula is C11H17BrS. The van der Waals surface area contributed by atoms with Crippen LogP contribution in [0.3, 0.4) is 0 Å². The number of halogens is 1. The van der Waals surface area contributed by atoms with E-state index in [1.165, 1.54) is 12.0 Å². The van der Waals surface area contributed by atoms with Gasteiger partial charge in [0, 0.05) is 5.33 Å². The summed E-state index contributed by atoms with van der Waals surface area (Å²) in [5, 5.41) is 5.50. The zero-order valence-corrected chi connectivity index (χ0v) is 10.9. The van der Waals surface area contributed by atoms with E-state index in [1.807, 2.05) is 0 Å². The predicted octanol–water partition coefficient (Wildman–Crippen LogP) is 4.35. The molecule has 0 aromatic carbocycles. The Morgan fingerprint density at radius 2 is 2.15 bits per heavy atom. The van der Waals surface area contributed by atoms with Gasteiger partial charge in [0.1, 0.15) is 0 Å². The lowest BCUT2D eigenvalue weighted by Gasteiger charge is -2.28. The Morgan fingerprint density at radius 3 is 2.54 bits per heavy atom. The van der Waals surface area contributed by atoms with Crippen molar-refractivity contribution in [3.8, 4) is 0 Å². The van der Waals surface area contributed by atoms with Crippen molar-refractivity contribution < 1.29 is 0 Å². The van der Waals surface area contributed by atoms with Crippen molar-refractivity contribution in [1.29, 1.82) is 0 Å². The third-order valence-corrected chi connectivity index (χ3v) is 3.99. The third-order valence-electron chi connectivity index (χ3n) is 2.47. The Kier molecular flexibility index (Phi) is 3.99. The molecule has 1 aromatic heterocycles. The minimum atomic E-state index is 0.394. The molecule has 1 unspecified atom stereocenters. The van der Waals surface area contributed by atoms with Crippen LogP contribution in [0.2, 0.25) is 0 Å². The first-order chi connectivity index (χ1) is 6.04. The highest BCUT2D eigenvalue weighted by atomic mass is 79.9. The van der Waals surface area contributed by atoms with Crippen molar-refractivity contribution in [3.05, 3.63) is 22.4 Å². The molecule has 0 spiro atoms. The van der Waals surface area contributed by atoms with Crippen LogP contribution >= 0.6 is 27.3 Å². The van der Waals surface area contributed by atoms with Crippen LogP contribution in [0.1, 0.15) is 26.3 Å². The van der Waals surface area contributed by atoms with E-state index in [0.29, 0.717) is 5.41 Å². The highest BCUT2D eigenvalue weighted by Gasteiger charge is 2.23. The molecular weight excluding hydrogens is 244 g/mol. The molecule has 0 saturated heterocycles. The van der Waals surface area contributed by atoms with Gasteiger partial charge in [0.15, 0.2) is 0 Å². The van der Waals surface area contributed by atoms with Crippen molar-refractivity contribution in [2.24, 2.45) is 11.3 Å². The molecule has 0 N–H and O–H groups in total. The summed E-state index contributed by atoms with van der Waals surface area (Å²) < 4.78 is 0. The molecule has 0 aliphatic carbocycles. The van der Waals surface area contributed by atoms with E-state index in [9.17, 15) is 0 Å². The predicted molar refractivity (Wildman–Crippen MR) is 64.8 cm³/mol. The van der Waals surface area contributed by atoms with Crippen molar-refractivity contribution in [2.45, 2.75) is 27.2 Å². The lowest BCUT2D eigenvalue weighted by Crippen LogP contribution is -2.23. The van der Waals surface area contributed by atoms with Gasteiger partial charge in [0.2, 0.25) is 0 Å². The minimum Gasteiger partial charge on any atom is -0.152 e. The lowest BCUT2D eigenvalue weighted by atomic mass is 9.79. The van der Waals surface area contributed by atoms with Crippen LogP contribution in [0.25, 0.3) is 0 Å². The summed E-state index contributed by atoms with van der Waals surface area (Å²) in [7, 11) is 0. The monoisotopic (exact) mass is 260 g/mol. The van der Waals surface area contributed by atoms with Gasteiger partial charge >= 0.3 is 0 Å². The SMILES string of the molecule is CC(C)(C)C(CBr)Cc1ccsc1.